The van der Waals surface area contributed by atoms with Crippen LogP contribution >= 0.6 is 0 Å². The highest BCUT2D eigenvalue weighted by Crippen LogP contribution is 2.23. The van der Waals surface area contributed by atoms with Crippen molar-refractivity contribution in [3.63, 3.8) is 0 Å². The number of ether oxygens (including phenoxy) is 2. The topological polar surface area (TPSA) is 66.0 Å². The Balaban J connectivity index is 2.25. The zero-order valence-corrected chi connectivity index (χ0v) is 12.3. The summed E-state index contributed by atoms with van der Waals surface area (Å²) < 4.78 is 10.7. The first-order valence-electron chi connectivity index (χ1n) is 6.60. The molecule has 0 N–H and O–H groups in total. The molecule has 1 heterocycles. The van der Waals surface area contributed by atoms with Crippen LogP contribution in [0.25, 0.3) is 6.08 Å². The van der Waals surface area contributed by atoms with E-state index in [4.69, 9.17) is 20.0 Å². The van der Waals surface area contributed by atoms with Gasteiger partial charge in [-0.1, -0.05) is 18.2 Å². The maximum absolute atomic E-state index is 8.95. The smallest absolute Gasteiger partial charge is 0.137 e. The van der Waals surface area contributed by atoms with Gasteiger partial charge in [0.15, 0.2) is 0 Å². The molecule has 22 heavy (non-hydrogen) atoms. The highest BCUT2D eigenvalue weighted by molar-refractivity contribution is 5.57. The van der Waals surface area contributed by atoms with Gasteiger partial charge in [0.25, 0.3) is 0 Å². The molecule has 1 aliphatic rings. The maximum atomic E-state index is 8.95. The largest absolute Gasteiger partial charge is 0.497 e. The van der Waals surface area contributed by atoms with Crippen molar-refractivity contribution in [1.29, 1.82) is 10.5 Å². The third kappa shape index (κ3) is 3.65. The highest BCUT2D eigenvalue weighted by Gasteiger charge is 2.10. The minimum Gasteiger partial charge on any atom is -0.497 e. The Hall–Kier alpha value is -3.24. The zero-order valence-electron chi connectivity index (χ0n) is 12.3. The average molecular weight is 290 g/mol. The molecule has 1 aliphatic heterocycles. The summed E-state index contributed by atoms with van der Waals surface area (Å²) in [5, 5.41) is 17.9. The molecule has 0 saturated carbocycles. The van der Waals surface area contributed by atoms with Crippen LogP contribution in [0, 0.1) is 22.7 Å². The van der Waals surface area contributed by atoms with Crippen molar-refractivity contribution in [2.75, 3.05) is 7.11 Å². The number of benzene rings is 1. The number of methoxy groups -OCH3 is 1. The summed E-state index contributed by atoms with van der Waals surface area (Å²) in [5.41, 5.74) is 1.62. The van der Waals surface area contributed by atoms with Gasteiger partial charge in [0.2, 0.25) is 0 Å². The first-order chi connectivity index (χ1) is 10.7. The molecule has 0 aliphatic carbocycles. The molecular weight excluding hydrogens is 276 g/mol. The van der Waals surface area contributed by atoms with E-state index in [-0.39, 0.29) is 5.57 Å². The molecule has 0 fully saturated rings. The molecule has 2 rings (SSSR count). The Bertz CT molecular complexity index is 751. The Morgan fingerprint density at radius 3 is 2.36 bits per heavy atom. The van der Waals surface area contributed by atoms with Gasteiger partial charge in [-0.25, -0.2) is 0 Å². The number of hydrogen-bond acceptors (Lipinski definition) is 4. The van der Waals surface area contributed by atoms with Gasteiger partial charge in [-0.15, -0.1) is 0 Å². The number of nitriles is 2. The van der Waals surface area contributed by atoms with Crippen molar-refractivity contribution < 1.29 is 9.47 Å². The summed E-state index contributed by atoms with van der Waals surface area (Å²) in [6, 6.07) is 11.4. The second kappa shape index (κ2) is 6.97. The van der Waals surface area contributed by atoms with E-state index in [2.05, 4.69) is 0 Å². The fourth-order valence-corrected chi connectivity index (χ4v) is 1.93. The number of hydrogen-bond donors (Lipinski definition) is 0. The van der Waals surface area contributed by atoms with Crippen LogP contribution in [0.2, 0.25) is 0 Å². The lowest BCUT2D eigenvalue weighted by Crippen LogP contribution is -1.97. The van der Waals surface area contributed by atoms with Crippen LogP contribution < -0.4 is 4.74 Å². The predicted molar refractivity (Wildman–Crippen MR) is 83.2 cm³/mol. The predicted octanol–water partition coefficient (Wildman–Crippen LogP) is 3.87. The Labute approximate surface area is 129 Å². The second-order valence-corrected chi connectivity index (χ2v) is 4.56. The molecule has 0 amide bonds. The third-order valence-corrected chi connectivity index (χ3v) is 3.00. The van der Waals surface area contributed by atoms with Gasteiger partial charge in [0.1, 0.15) is 35.0 Å². The minimum absolute atomic E-state index is 0.0676. The van der Waals surface area contributed by atoms with E-state index in [0.29, 0.717) is 17.1 Å². The molecule has 0 spiro atoms. The molecule has 4 nitrogen and oxygen atoms in total. The SMILES string of the molecule is COc1ccc(C=CC2=CC(=C(C#N)C#N)C=C(C)O2)cc1. The number of allylic oxidation sites excluding steroid dienone is 6. The van der Waals surface area contributed by atoms with Crippen LogP contribution in [0.15, 0.2) is 65.2 Å². The third-order valence-electron chi connectivity index (χ3n) is 3.00. The van der Waals surface area contributed by atoms with Crippen molar-refractivity contribution in [3.8, 4) is 17.9 Å². The van der Waals surface area contributed by atoms with Gasteiger partial charge in [-0.3, -0.25) is 0 Å². The molecule has 1 aromatic carbocycles. The summed E-state index contributed by atoms with van der Waals surface area (Å²) in [7, 11) is 1.62. The zero-order chi connectivity index (χ0) is 15.9. The van der Waals surface area contributed by atoms with E-state index < -0.39 is 0 Å². The molecule has 0 bridgehead atoms. The lowest BCUT2D eigenvalue weighted by atomic mass is 10.1. The number of nitrogens with zero attached hydrogens (tertiary/aromatic N) is 2. The first kappa shape index (κ1) is 15.2. The molecule has 0 radical (unpaired) electrons. The van der Waals surface area contributed by atoms with E-state index in [1.165, 1.54) is 0 Å². The van der Waals surface area contributed by atoms with Gasteiger partial charge < -0.3 is 9.47 Å². The first-order valence-corrected chi connectivity index (χ1v) is 6.60. The lowest BCUT2D eigenvalue weighted by Gasteiger charge is -2.13. The van der Waals surface area contributed by atoms with Crippen LogP contribution in [0.1, 0.15) is 12.5 Å². The molecule has 0 saturated heterocycles. The molecule has 108 valence electrons. The maximum Gasteiger partial charge on any atom is 0.137 e. The van der Waals surface area contributed by atoms with Crippen LogP contribution in [0.3, 0.4) is 0 Å². The van der Waals surface area contributed by atoms with Crippen LogP contribution in [0.4, 0.5) is 0 Å². The van der Waals surface area contributed by atoms with E-state index in [1.807, 2.05) is 42.5 Å². The fourth-order valence-electron chi connectivity index (χ4n) is 1.93. The fraction of sp³-hybridized carbons (Fsp3) is 0.111. The monoisotopic (exact) mass is 290 g/mol. The van der Waals surface area contributed by atoms with Crippen LogP contribution in [-0.2, 0) is 4.74 Å². The average Bonchev–Trinajstić information content (AvgIpc) is 2.54. The summed E-state index contributed by atoms with van der Waals surface area (Å²) in [6.07, 6.45) is 7.03. The van der Waals surface area contributed by atoms with Gasteiger partial charge in [-0.05, 0) is 42.8 Å². The van der Waals surface area contributed by atoms with Gasteiger partial charge in [0, 0.05) is 5.57 Å². The van der Waals surface area contributed by atoms with Gasteiger partial charge in [0.05, 0.1) is 7.11 Å². The standard InChI is InChI=1S/C18H14N2O2/c1-13-9-15(16(11-19)12-20)10-18(22-13)8-5-14-3-6-17(21-2)7-4-14/h3-10H,1-2H3. The van der Waals surface area contributed by atoms with Crippen molar-refractivity contribution in [2.24, 2.45) is 0 Å². The molecule has 0 aromatic heterocycles. The van der Waals surface area contributed by atoms with Crippen molar-refractivity contribution in [1.82, 2.24) is 0 Å². The van der Waals surface area contributed by atoms with E-state index >= 15 is 0 Å². The Morgan fingerprint density at radius 2 is 1.77 bits per heavy atom. The van der Waals surface area contributed by atoms with Crippen molar-refractivity contribution >= 4 is 6.08 Å². The Kier molecular flexibility index (Phi) is 4.80. The van der Waals surface area contributed by atoms with Crippen LogP contribution in [-0.4, -0.2) is 7.11 Å². The lowest BCUT2D eigenvalue weighted by molar-refractivity contribution is 0.318. The van der Waals surface area contributed by atoms with Crippen LogP contribution in [0.5, 0.6) is 5.75 Å². The van der Waals surface area contributed by atoms with E-state index in [1.54, 1.807) is 32.3 Å². The quantitative estimate of drug-likeness (QED) is 0.792. The number of rotatable bonds is 3. The van der Waals surface area contributed by atoms with Crippen molar-refractivity contribution in [3.05, 3.63) is 70.7 Å². The Morgan fingerprint density at radius 1 is 1.09 bits per heavy atom. The van der Waals surface area contributed by atoms with Crippen molar-refractivity contribution in [2.45, 2.75) is 6.92 Å². The molecular formula is C18H14N2O2. The van der Waals surface area contributed by atoms with E-state index in [0.717, 1.165) is 11.3 Å². The summed E-state index contributed by atoms with van der Waals surface area (Å²) in [5.74, 6) is 2.01. The normalized spacial score (nSPS) is 13.5. The van der Waals surface area contributed by atoms with E-state index in [9.17, 15) is 0 Å². The second-order valence-electron chi connectivity index (χ2n) is 4.56. The highest BCUT2D eigenvalue weighted by atomic mass is 16.5. The molecule has 0 unspecified atom stereocenters. The van der Waals surface area contributed by atoms with Gasteiger partial charge in [-0.2, -0.15) is 10.5 Å². The van der Waals surface area contributed by atoms with Gasteiger partial charge >= 0.3 is 0 Å². The molecule has 1 aromatic rings. The summed E-state index contributed by atoms with van der Waals surface area (Å²) >= 11 is 0. The minimum atomic E-state index is 0.0676. The summed E-state index contributed by atoms with van der Waals surface area (Å²) in [6.45, 7) is 1.78. The molecule has 4 heteroatoms. The summed E-state index contributed by atoms with van der Waals surface area (Å²) in [4.78, 5) is 0. The molecule has 0 atom stereocenters.